The topological polar surface area (TPSA) is 123 Å². The summed E-state index contributed by atoms with van der Waals surface area (Å²) in [6.07, 6.45) is 5.34. The first kappa shape index (κ1) is 19.0. The van der Waals surface area contributed by atoms with Gasteiger partial charge >= 0.3 is 0 Å². The van der Waals surface area contributed by atoms with Gasteiger partial charge in [-0.2, -0.15) is 10.2 Å². The summed E-state index contributed by atoms with van der Waals surface area (Å²) < 4.78 is 7.37. The number of ether oxygens (including phenoxy) is 1. The van der Waals surface area contributed by atoms with Gasteiger partial charge in [0.1, 0.15) is 6.33 Å². The van der Waals surface area contributed by atoms with Gasteiger partial charge in [-0.25, -0.2) is 9.97 Å². The Hall–Kier alpha value is -3.95. The van der Waals surface area contributed by atoms with Crippen LogP contribution in [0.4, 0.5) is 11.4 Å². The molecule has 0 spiro atoms. The minimum Gasteiger partial charge on any atom is -0.494 e. The normalized spacial score (nSPS) is 13.4. The van der Waals surface area contributed by atoms with Crippen molar-refractivity contribution in [2.24, 2.45) is 7.05 Å². The van der Waals surface area contributed by atoms with Crippen molar-refractivity contribution in [1.29, 1.82) is 0 Å². The molecule has 1 fully saturated rings. The molecule has 1 aliphatic carbocycles. The molecule has 1 saturated carbocycles. The van der Waals surface area contributed by atoms with Crippen LogP contribution in [0.3, 0.4) is 0 Å². The SMILES string of the molecule is CNC(=O)c1cnc2[nH]nc(C3CC3)c2c1Nc1cccc(-c2ncn(C)n2)c1OC. The highest BCUT2D eigenvalue weighted by atomic mass is 16.5. The number of aromatic nitrogens is 6. The first-order chi connectivity index (χ1) is 15.1. The van der Waals surface area contributed by atoms with Crippen LogP contribution in [0.2, 0.25) is 0 Å². The van der Waals surface area contributed by atoms with Gasteiger partial charge in [-0.3, -0.25) is 14.6 Å². The number of hydrogen-bond acceptors (Lipinski definition) is 7. The molecule has 10 heteroatoms. The Morgan fingerprint density at radius 2 is 2.13 bits per heavy atom. The molecule has 31 heavy (non-hydrogen) atoms. The molecule has 0 atom stereocenters. The van der Waals surface area contributed by atoms with Crippen molar-refractivity contribution in [1.82, 2.24) is 35.3 Å². The van der Waals surface area contributed by atoms with Crippen molar-refractivity contribution in [3.63, 3.8) is 0 Å². The first-order valence-corrected chi connectivity index (χ1v) is 9.99. The Morgan fingerprint density at radius 3 is 2.81 bits per heavy atom. The van der Waals surface area contributed by atoms with Crippen LogP contribution in [0.15, 0.2) is 30.7 Å². The Labute approximate surface area is 178 Å². The lowest BCUT2D eigenvalue weighted by molar-refractivity contribution is 0.0963. The molecule has 3 heterocycles. The number of aryl methyl sites for hydroxylation is 1. The number of pyridine rings is 1. The zero-order valence-electron chi connectivity index (χ0n) is 17.4. The molecule has 0 radical (unpaired) electrons. The number of H-pyrrole nitrogens is 1. The van der Waals surface area contributed by atoms with E-state index in [1.807, 2.05) is 25.2 Å². The van der Waals surface area contributed by atoms with Gasteiger partial charge in [-0.1, -0.05) is 6.07 Å². The fraction of sp³-hybridized carbons (Fsp3) is 0.286. The van der Waals surface area contributed by atoms with Crippen molar-refractivity contribution in [3.05, 3.63) is 42.0 Å². The zero-order chi connectivity index (χ0) is 21.5. The number of amides is 1. The Bertz CT molecular complexity index is 1290. The highest BCUT2D eigenvalue weighted by Crippen LogP contribution is 2.45. The van der Waals surface area contributed by atoms with Crippen molar-refractivity contribution in [2.45, 2.75) is 18.8 Å². The van der Waals surface area contributed by atoms with Gasteiger partial charge in [-0.15, -0.1) is 0 Å². The van der Waals surface area contributed by atoms with E-state index in [0.717, 1.165) is 29.5 Å². The van der Waals surface area contributed by atoms with Gasteiger partial charge in [0.15, 0.2) is 17.2 Å². The molecule has 1 amide bonds. The lowest BCUT2D eigenvalue weighted by Crippen LogP contribution is -2.19. The molecule has 3 N–H and O–H groups in total. The summed E-state index contributed by atoms with van der Waals surface area (Å²) in [7, 11) is 5.01. The summed E-state index contributed by atoms with van der Waals surface area (Å²) in [6, 6.07) is 5.68. The molecule has 4 aromatic rings. The molecule has 1 aliphatic rings. The van der Waals surface area contributed by atoms with Gasteiger partial charge < -0.3 is 15.4 Å². The van der Waals surface area contributed by atoms with E-state index >= 15 is 0 Å². The summed E-state index contributed by atoms with van der Waals surface area (Å²) in [5.74, 6) is 1.28. The number of nitrogens with one attached hydrogen (secondary N) is 3. The fourth-order valence-corrected chi connectivity index (χ4v) is 3.73. The molecule has 1 aromatic carbocycles. The summed E-state index contributed by atoms with van der Waals surface area (Å²) in [5.41, 5.74) is 4.07. The molecule has 0 unspecified atom stereocenters. The van der Waals surface area contributed by atoms with Crippen LogP contribution in [-0.4, -0.2) is 50.0 Å². The predicted molar refractivity (Wildman–Crippen MR) is 116 cm³/mol. The minimum absolute atomic E-state index is 0.235. The molecule has 5 rings (SSSR count). The maximum atomic E-state index is 12.7. The zero-order valence-corrected chi connectivity index (χ0v) is 17.4. The number of carbonyl (C=O) groups excluding carboxylic acids is 1. The standard InChI is InChI=1S/C21H22N8O2/c1-22-21(30)13-9-23-20-15(16(26-27-20)11-7-8-11)17(13)25-14-6-4-5-12(18(14)31-3)19-24-10-29(2)28-19/h4-6,9-11H,7-8H2,1-3H3,(H,22,30)(H2,23,25,26,27). The summed E-state index contributed by atoms with van der Waals surface area (Å²) in [6.45, 7) is 0. The van der Waals surface area contributed by atoms with Gasteiger partial charge in [0.2, 0.25) is 0 Å². The van der Waals surface area contributed by atoms with E-state index in [1.165, 1.54) is 0 Å². The van der Waals surface area contributed by atoms with E-state index in [9.17, 15) is 4.79 Å². The van der Waals surface area contributed by atoms with Gasteiger partial charge in [0.25, 0.3) is 5.91 Å². The van der Waals surface area contributed by atoms with Crippen molar-refractivity contribution in [2.75, 3.05) is 19.5 Å². The summed E-state index contributed by atoms with van der Waals surface area (Å²) in [5, 5.41) is 18.8. The number of rotatable bonds is 6. The van der Waals surface area contributed by atoms with Crippen molar-refractivity contribution in [3.8, 4) is 17.1 Å². The number of carbonyl (C=O) groups is 1. The highest BCUT2D eigenvalue weighted by molar-refractivity contribution is 6.08. The highest BCUT2D eigenvalue weighted by Gasteiger charge is 2.31. The molecule has 0 aliphatic heterocycles. The van der Waals surface area contributed by atoms with Gasteiger partial charge in [0, 0.05) is 26.2 Å². The molecule has 0 saturated heterocycles. The van der Waals surface area contributed by atoms with Crippen LogP contribution in [0.5, 0.6) is 5.75 Å². The number of hydrogen-bond donors (Lipinski definition) is 3. The average Bonchev–Trinajstić information content (AvgIpc) is 3.39. The molecule has 3 aromatic heterocycles. The quantitative estimate of drug-likeness (QED) is 0.440. The predicted octanol–water partition coefficient (Wildman–Crippen LogP) is 2.74. The largest absolute Gasteiger partial charge is 0.494 e. The van der Waals surface area contributed by atoms with Crippen molar-refractivity contribution < 1.29 is 9.53 Å². The Balaban J connectivity index is 1.68. The van der Waals surface area contributed by atoms with Crippen LogP contribution in [-0.2, 0) is 7.05 Å². The molecular formula is C21H22N8O2. The lowest BCUT2D eigenvalue weighted by Gasteiger charge is -2.17. The van der Waals surface area contributed by atoms with E-state index in [4.69, 9.17) is 4.74 Å². The van der Waals surface area contributed by atoms with E-state index < -0.39 is 0 Å². The number of benzene rings is 1. The third-order valence-electron chi connectivity index (χ3n) is 5.37. The Kier molecular flexibility index (Phi) is 4.54. The first-order valence-electron chi connectivity index (χ1n) is 9.99. The number of aromatic amines is 1. The van der Waals surface area contributed by atoms with Crippen LogP contribution in [0, 0.1) is 0 Å². The van der Waals surface area contributed by atoms with Crippen LogP contribution < -0.4 is 15.4 Å². The van der Waals surface area contributed by atoms with E-state index in [2.05, 4.69) is 35.9 Å². The monoisotopic (exact) mass is 418 g/mol. The third kappa shape index (κ3) is 3.25. The number of fused-ring (bicyclic) bond motifs is 1. The molecule has 0 bridgehead atoms. The molecule has 158 valence electrons. The van der Waals surface area contributed by atoms with E-state index in [0.29, 0.717) is 40.1 Å². The smallest absolute Gasteiger partial charge is 0.254 e. The number of methoxy groups -OCH3 is 1. The number of anilines is 2. The average molecular weight is 418 g/mol. The maximum absolute atomic E-state index is 12.7. The second-order valence-electron chi connectivity index (χ2n) is 7.49. The van der Waals surface area contributed by atoms with Crippen LogP contribution in [0.1, 0.15) is 34.8 Å². The lowest BCUT2D eigenvalue weighted by atomic mass is 10.1. The van der Waals surface area contributed by atoms with Crippen LogP contribution >= 0.6 is 0 Å². The number of nitrogens with zero attached hydrogens (tertiary/aromatic N) is 5. The maximum Gasteiger partial charge on any atom is 0.254 e. The summed E-state index contributed by atoms with van der Waals surface area (Å²) in [4.78, 5) is 21.4. The molecular weight excluding hydrogens is 396 g/mol. The summed E-state index contributed by atoms with van der Waals surface area (Å²) >= 11 is 0. The van der Waals surface area contributed by atoms with E-state index in [1.54, 1.807) is 31.4 Å². The van der Waals surface area contributed by atoms with Crippen LogP contribution in [0.25, 0.3) is 22.4 Å². The Morgan fingerprint density at radius 1 is 1.29 bits per heavy atom. The molecule has 10 nitrogen and oxygen atoms in total. The second-order valence-corrected chi connectivity index (χ2v) is 7.49. The minimum atomic E-state index is -0.235. The van der Waals surface area contributed by atoms with E-state index in [-0.39, 0.29) is 5.91 Å². The van der Waals surface area contributed by atoms with Gasteiger partial charge in [0.05, 0.1) is 40.7 Å². The van der Waals surface area contributed by atoms with Gasteiger partial charge in [-0.05, 0) is 25.0 Å². The second kappa shape index (κ2) is 7.38. The van der Waals surface area contributed by atoms with Crippen molar-refractivity contribution >= 4 is 28.3 Å². The fourth-order valence-electron chi connectivity index (χ4n) is 3.73. The third-order valence-corrected chi connectivity index (χ3v) is 5.37. The number of para-hydroxylation sites is 1.